The van der Waals surface area contributed by atoms with Crippen LogP contribution in [0.5, 0.6) is 0 Å². The SMILES string of the molecule is CC1Cc2ccccc2N1CCNC(=O)CNC(=O)CN. The molecule has 0 aliphatic carbocycles. The molecular weight excluding hydrogens is 268 g/mol. The van der Waals surface area contributed by atoms with Gasteiger partial charge in [0.2, 0.25) is 11.8 Å². The number of rotatable bonds is 6. The fourth-order valence-corrected chi connectivity index (χ4v) is 2.60. The molecule has 6 heteroatoms. The van der Waals surface area contributed by atoms with Crippen LogP contribution in [0, 0.1) is 0 Å². The molecule has 2 rings (SSSR count). The minimum Gasteiger partial charge on any atom is -0.367 e. The van der Waals surface area contributed by atoms with Crippen LogP contribution in [0.1, 0.15) is 12.5 Å². The first-order valence-corrected chi connectivity index (χ1v) is 7.20. The van der Waals surface area contributed by atoms with Gasteiger partial charge in [-0.15, -0.1) is 0 Å². The number of hydrogen-bond acceptors (Lipinski definition) is 4. The summed E-state index contributed by atoms with van der Waals surface area (Å²) in [5.41, 5.74) is 7.75. The molecule has 114 valence electrons. The van der Waals surface area contributed by atoms with E-state index in [0.717, 1.165) is 13.0 Å². The number of nitrogens with one attached hydrogen (secondary N) is 2. The first kappa shape index (κ1) is 15.3. The van der Waals surface area contributed by atoms with E-state index in [-0.39, 0.29) is 24.9 Å². The predicted octanol–water partition coefficient (Wildman–Crippen LogP) is -0.371. The monoisotopic (exact) mass is 290 g/mol. The Bertz CT molecular complexity index is 518. The summed E-state index contributed by atoms with van der Waals surface area (Å²) in [5.74, 6) is -0.524. The number of fused-ring (bicyclic) bond motifs is 1. The van der Waals surface area contributed by atoms with E-state index in [1.54, 1.807) is 0 Å². The van der Waals surface area contributed by atoms with E-state index in [1.165, 1.54) is 11.3 Å². The largest absolute Gasteiger partial charge is 0.367 e. The van der Waals surface area contributed by atoms with Crippen molar-refractivity contribution in [3.05, 3.63) is 29.8 Å². The summed E-state index contributed by atoms with van der Waals surface area (Å²) >= 11 is 0. The molecule has 0 bridgehead atoms. The van der Waals surface area contributed by atoms with Crippen molar-refractivity contribution >= 4 is 17.5 Å². The van der Waals surface area contributed by atoms with Crippen molar-refractivity contribution in [3.63, 3.8) is 0 Å². The summed E-state index contributed by atoms with van der Waals surface area (Å²) in [7, 11) is 0. The summed E-state index contributed by atoms with van der Waals surface area (Å²) in [6.45, 7) is 3.37. The van der Waals surface area contributed by atoms with Crippen molar-refractivity contribution in [2.75, 3.05) is 31.1 Å². The van der Waals surface area contributed by atoms with E-state index >= 15 is 0 Å². The van der Waals surface area contributed by atoms with Crippen molar-refractivity contribution in [1.82, 2.24) is 10.6 Å². The Balaban J connectivity index is 1.76. The van der Waals surface area contributed by atoms with Gasteiger partial charge < -0.3 is 21.3 Å². The second-order valence-corrected chi connectivity index (χ2v) is 5.21. The highest BCUT2D eigenvalue weighted by Crippen LogP contribution is 2.30. The van der Waals surface area contributed by atoms with Gasteiger partial charge in [0.05, 0.1) is 13.1 Å². The number of carbonyl (C=O) groups excluding carboxylic acids is 2. The Morgan fingerprint density at radius 3 is 2.81 bits per heavy atom. The topological polar surface area (TPSA) is 87.5 Å². The van der Waals surface area contributed by atoms with E-state index in [0.29, 0.717) is 12.6 Å². The van der Waals surface area contributed by atoms with E-state index in [9.17, 15) is 9.59 Å². The maximum absolute atomic E-state index is 11.6. The fraction of sp³-hybridized carbons (Fsp3) is 0.467. The summed E-state index contributed by atoms with van der Waals surface area (Å²) < 4.78 is 0. The molecule has 1 aromatic rings. The third kappa shape index (κ3) is 3.95. The van der Waals surface area contributed by atoms with Gasteiger partial charge in [-0.25, -0.2) is 0 Å². The van der Waals surface area contributed by atoms with Crippen molar-refractivity contribution in [2.45, 2.75) is 19.4 Å². The Labute approximate surface area is 124 Å². The summed E-state index contributed by atoms with van der Waals surface area (Å²) in [4.78, 5) is 24.8. The molecule has 0 saturated carbocycles. The number of amides is 2. The molecule has 0 aromatic heterocycles. The number of nitrogens with zero attached hydrogens (tertiary/aromatic N) is 1. The molecular formula is C15H22N4O2. The molecule has 1 aliphatic heterocycles. The minimum atomic E-state index is -0.327. The highest BCUT2D eigenvalue weighted by atomic mass is 16.2. The third-order valence-electron chi connectivity index (χ3n) is 3.65. The van der Waals surface area contributed by atoms with Crippen LogP contribution >= 0.6 is 0 Å². The van der Waals surface area contributed by atoms with Gasteiger partial charge >= 0.3 is 0 Å². The third-order valence-corrected chi connectivity index (χ3v) is 3.65. The first-order chi connectivity index (χ1) is 10.1. The van der Waals surface area contributed by atoms with Gasteiger partial charge in [0, 0.05) is 24.8 Å². The number of hydrogen-bond donors (Lipinski definition) is 3. The predicted molar refractivity (Wildman–Crippen MR) is 82.0 cm³/mol. The Morgan fingerprint density at radius 1 is 1.29 bits per heavy atom. The molecule has 1 atom stereocenters. The number of anilines is 1. The molecule has 4 N–H and O–H groups in total. The van der Waals surface area contributed by atoms with Gasteiger partial charge in [-0.3, -0.25) is 9.59 Å². The van der Waals surface area contributed by atoms with Gasteiger partial charge in [0.25, 0.3) is 0 Å². The lowest BCUT2D eigenvalue weighted by atomic mass is 10.1. The molecule has 1 aromatic carbocycles. The first-order valence-electron chi connectivity index (χ1n) is 7.20. The average molecular weight is 290 g/mol. The molecule has 2 amide bonds. The van der Waals surface area contributed by atoms with Crippen molar-refractivity contribution in [2.24, 2.45) is 5.73 Å². The molecule has 0 spiro atoms. The van der Waals surface area contributed by atoms with Crippen molar-refractivity contribution in [3.8, 4) is 0 Å². The quantitative estimate of drug-likeness (QED) is 0.667. The van der Waals surface area contributed by atoms with Gasteiger partial charge in [-0.05, 0) is 25.0 Å². The van der Waals surface area contributed by atoms with Gasteiger partial charge in [0.15, 0.2) is 0 Å². The maximum atomic E-state index is 11.6. The number of nitrogens with two attached hydrogens (primary N) is 1. The number of carbonyl (C=O) groups is 2. The van der Waals surface area contributed by atoms with Crippen LogP contribution in [0.4, 0.5) is 5.69 Å². The molecule has 21 heavy (non-hydrogen) atoms. The second kappa shape index (κ2) is 7.08. The summed E-state index contributed by atoms with van der Waals surface area (Å²) in [5, 5.41) is 5.25. The molecule has 1 heterocycles. The molecule has 0 fully saturated rings. The van der Waals surface area contributed by atoms with Crippen LogP contribution in [0.25, 0.3) is 0 Å². The summed E-state index contributed by atoms with van der Waals surface area (Å²) in [6, 6.07) is 8.78. The van der Waals surface area contributed by atoms with Gasteiger partial charge in [0.1, 0.15) is 0 Å². The van der Waals surface area contributed by atoms with E-state index < -0.39 is 0 Å². The van der Waals surface area contributed by atoms with Crippen LogP contribution in [-0.4, -0.2) is 44.0 Å². The average Bonchev–Trinajstić information content (AvgIpc) is 2.81. The molecule has 1 aliphatic rings. The Kier molecular flexibility index (Phi) is 5.16. The smallest absolute Gasteiger partial charge is 0.239 e. The lowest BCUT2D eigenvalue weighted by Gasteiger charge is -2.25. The van der Waals surface area contributed by atoms with Crippen LogP contribution in [0.3, 0.4) is 0 Å². The lowest BCUT2D eigenvalue weighted by Crippen LogP contribution is -2.42. The van der Waals surface area contributed by atoms with Crippen molar-refractivity contribution in [1.29, 1.82) is 0 Å². The zero-order valence-electron chi connectivity index (χ0n) is 12.3. The zero-order valence-corrected chi connectivity index (χ0v) is 12.3. The highest BCUT2D eigenvalue weighted by molar-refractivity contribution is 5.85. The van der Waals surface area contributed by atoms with Crippen LogP contribution in [0.2, 0.25) is 0 Å². The lowest BCUT2D eigenvalue weighted by molar-refractivity contribution is -0.125. The van der Waals surface area contributed by atoms with Gasteiger partial charge in [-0.2, -0.15) is 0 Å². The standard InChI is InChI=1S/C15H22N4O2/c1-11-8-12-4-2-3-5-13(12)19(11)7-6-17-15(21)10-18-14(20)9-16/h2-5,11H,6-10,16H2,1H3,(H,17,21)(H,18,20). The zero-order chi connectivity index (χ0) is 15.2. The molecule has 0 saturated heterocycles. The van der Waals surface area contributed by atoms with E-state index in [1.807, 2.05) is 6.07 Å². The minimum absolute atomic E-state index is 0.0256. The maximum Gasteiger partial charge on any atom is 0.239 e. The van der Waals surface area contributed by atoms with Crippen molar-refractivity contribution < 1.29 is 9.59 Å². The fourth-order valence-electron chi connectivity index (χ4n) is 2.60. The van der Waals surface area contributed by atoms with Crippen LogP contribution in [-0.2, 0) is 16.0 Å². The Hall–Kier alpha value is -2.08. The number of para-hydroxylation sites is 1. The van der Waals surface area contributed by atoms with Crippen LogP contribution < -0.4 is 21.3 Å². The summed E-state index contributed by atoms with van der Waals surface area (Å²) in [6.07, 6.45) is 1.04. The molecule has 6 nitrogen and oxygen atoms in total. The normalized spacial score (nSPS) is 16.5. The number of benzene rings is 1. The Morgan fingerprint density at radius 2 is 2.05 bits per heavy atom. The van der Waals surface area contributed by atoms with E-state index in [4.69, 9.17) is 5.73 Å². The van der Waals surface area contributed by atoms with E-state index in [2.05, 4.69) is 40.7 Å². The molecule has 0 radical (unpaired) electrons. The molecule has 1 unspecified atom stereocenters. The van der Waals surface area contributed by atoms with Gasteiger partial charge in [-0.1, -0.05) is 18.2 Å². The highest BCUT2D eigenvalue weighted by Gasteiger charge is 2.24. The second-order valence-electron chi connectivity index (χ2n) is 5.21. The van der Waals surface area contributed by atoms with Crippen LogP contribution in [0.15, 0.2) is 24.3 Å².